The molecule has 0 atom stereocenters. The van der Waals surface area contributed by atoms with Crippen molar-refractivity contribution in [1.29, 1.82) is 0 Å². The predicted octanol–water partition coefficient (Wildman–Crippen LogP) is 3.41. The van der Waals surface area contributed by atoms with Crippen molar-refractivity contribution < 1.29 is 27.8 Å². The third kappa shape index (κ3) is 4.57. The molecule has 0 aliphatic carbocycles. The van der Waals surface area contributed by atoms with Gasteiger partial charge < -0.3 is 24.0 Å². The molecule has 0 spiro atoms. The van der Waals surface area contributed by atoms with Crippen molar-refractivity contribution in [2.75, 3.05) is 52.4 Å². The second-order valence-corrected chi connectivity index (χ2v) is 7.59. The van der Waals surface area contributed by atoms with Crippen LogP contribution in [0.4, 0.5) is 14.6 Å². The molecule has 1 fully saturated rings. The zero-order chi connectivity index (χ0) is 24.2. The molecule has 0 unspecified atom stereocenters. The lowest BCUT2D eigenvalue weighted by atomic mass is 10.1. The minimum atomic E-state index is -0.860. The number of carbonyl (C=O) groups excluding carboxylic acids is 1. The summed E-state index contributed by atoms with van der Waals surface area (Å²) in [6, 6.07) is 10.3. The van der Waals surface area contributed by atoms with Crippen LogP contribution in [0.3, 0.4) is 0 Å². The van der Waals surface area contributed by atoms with Gasteiger partial charge in [0.2, 0.25) is 5.75 Å². The van der Waals surface area contributed by atoms with Gasteiger partial charge in [0.25, 0.3) is 5.91 Å². The number of hydrogen-bond donors (Lipinski definition) is 0. The van der Waals surface area contributed by atoms with Gasteiger partial charge in [-0.15, -0.1) is 10.2 Å². The Labute approximate surface area is 195 Å². The van der Waals surface area contributed by atoms with Crippen LogP contribution in [0.25, 0.3) is 11.3 Å². The molecular weight excluding hydrogens is 446 g/mol. The maximum absolute atomic E-state index is 14.0. The number of anilines is 1. The van der Waals surface area contributed by atoms with Crippen LogP contribution in [-0.2, 0) is 0 Å². The molecule has 1 amide bonds. The first kappa shape index (κ1) is 23.2. The summed E-state index contributed by atoms with van der Waals surface area (Å²) in [4.78, 5) is 16.2. The van der Waals surface area contributed by atoms with E-state index in [9.17, 15) is 13.6 Å². The van der Waals surface area contributed by atoms with E-state index in [4.69, 9.17) is 14.2 Å². The quantitative estimate of drug-likeness (QED) is 0.547. The molecule has 0 bridgehead atoms. The van der Waals surface area contributed by atoms with E-state index in [0.29, 0.717) is 61.0 Å². The van der Waals surface area contributed by atoms with Gasteiger partial charge in [0.1, 0.15) is 11.6 Å². The molecule has 34 heavy (non-hydrogen) atoms. The van der Waals surface area contributed by atoms with Gasteiger partial charge in [-0.1, -0.05) is 0 Å². The van der Waals surface area contributed by atoms with Gasteiger partial charge in [-0.25, -0.2) is 8.78 Å². The number of aromatic nitrogens is 2. The van der Waals surface area contributed by atoms with Crippen molar-refractivity contribution in [3.63, 3.8) is 0 Å². The SMILES string of the molecule is COc1cc(-c2ccc(N3CCN(C(=O)c4ccc(F)cc4F)CC3)nn2)cc(OC)c1OC. The van der Waals surface area contributed by atoms with Crippen LogP contribution in [0.15, 0.2) is 42.5 Å². The molecule has 1 aromatic heterocycles. The van der Waals surface area contributed by atoms with Crippen molar-refractivity contribution in [2.45, 2.75) is 0 Å². The highest BCUT2D eigenvalue weighted by atomic mass is 19.1. The van der Waals surface area contributed by atoms with Crippen LogP contribution in [0, 0.1) is 11.6 Å². The van der Waals surface area contributed by atoms with Crippen LogP contribution < -0.4 is 19.1 Å². The molecule has 2 heterocycles. The predicted molar refractivity (Wildman–Crippen MR) is 122 cm³/mol. The Balaban J connectivity index is 1.45. The number of amides is 1. The smallest absolute Gasteiger partial charge is 0.256 e. The van der Waals surface area contributed by atoms with Crippen LogP contribution in [-0.4, -0.2) is 68.5 Å². The molecule has 1 aliphatic heterocycles. The Bertz CT molecular complexity index is 1160. The van der Waals surface area contributed by atoms with Crippen LogP contribution in [0.1, 0.15) is 10.4 Å². The third-order valence-corrected chi connectivity index (χ3v) is 5.66. The lowest BCUT2D eigenvalue weighted by molar-refractivity contribution is 0.0741. The molecule has 3 aromatic rings. The van der Waals surface area contributed by atoms with E-state index < -0.39 is 17.5 Å². The minimum absolute atomic E-state index is 0.135. The molecule has 1 aliphatic rings. The molecule has 0 radical (unpaired) electrons. The Morgan fingerprint density at radius 2 is 1.53 bits per heavy atom. The Hall–Kier alpha value is -3.95. The highest BCUT2D eigenvalue weighted by molar-refractivity contribution is 5.94. The fraction of sp³-hybridized carbons (Fsp3) is 0.292. The molecule has 0 N–H and O–H groups in total. The zero-order valence-electron chi connectivity index (χ0n) is 19.0. The second-order valence-electron chi connectivity index (χ2n) is 7.59. The van der Waals surface area contributed by atoms with Gasteiger partial charge in [0.05, 0.1) is 32.6 Å². The minimum Gasteiger partial charge on any atom is -0.493 e. The molecular formula is C24H24F2N4O4. The molecule has 178 valence electrons. The number of methoxy groups -OCH3 is 3. The van der Waals surface area contributed by atoms with Crippen LogP contribution in [0.5, 0.6) is 17.2 Å². The van der Waals surface area contributed by atoms with Gasteiger partial charge in [-0.05, 0) is 36.4 Å². The first-order chi connectivity index (χ1) is 16.4. The van der Waals surface area contributed by atoms with Crippen molar-refractivity contribution in [3.8, 4) is 28.5 Å². The number of halogens is 2. The number of ether oxygens (including phenoxy) is 3. The fourth-order valence-electron chi connectivity index (χ4n) is 3.85. The average Bonchev–Trinajstić information content (AvgIpc) is 2.87. The van der Waals surface area contributed by atoms with E-state index in [1.807, 2.05) is 17.0 Å². The van der Waals surface area contributed by atoms with E-state index in [-0.39, 0.29) is 5.56 Å². The van der Waals surface area contributed by atoms with E-state index in [1.165, 1.54) is 13.2 Å². The summed E-state index contributed by atoms with van der Waals surface area (Å²) < 4.78 is 43.3. The molecule has 1 saturated heterocycles. The van der Waals surface area contributed by atoms with Crippen molar-refractivity contribution in [3.05, 3.63) is 59.7 Å². The number of hydrogen-bond acceptors (Lipinski definition) is 7. The summed E-state index contributed by atoms with van der Waals surface area (Å²) in [5.74, 6) is 0.152. The lowest BCUT2D eigenvalue weighted by Crippen LogP contribution is -2.49. The summed E-state index contributed by atoms with van der Waals surface area (Å²) >= 11 is 0. The summed E-state index contributed by atoms with van der Waals surface area (Å²) in [7, 11) is 4.63. The number of carbonyl (C=O) groups is 1. The van der Waals surface area contributed by atoms with E-state index in [0.717, 1.165) is 11.6 Å². The molecule has 10 heteroatoms. The fourth-order valence-corrected chi connectivity index (χ4v) is 3.85. The summed E-state index contributed by atoms with van der Waals surface area (Å²) in [6.45, 7) is 1.78. The summed E-state index contributed by atoms with van der Waals surface area (Å²) in [5.41, 5.74) is 1.25. The zero-order valence-corrected chi connectivity index (χ0v) is 19.0. The highest BCUT2D eigenvalue weighted by Gasteiger charge is 2.25. The molecule has 4 rings (SSSR count). The van der Waals surface area contributed by atoms with Crippen molar-refractivity contribution in [2.24, 2.45) is 0 Å². The first-order valence-corrected chi connectivity index (χ1v) is 10.6. The molecule has 0 saturated carbocycles. The molecule has 8 nitrogen and oxygen atoms in total. The largest absolute Gasteiger partial charge is 0.493 e. The topological polar surface area (TPSA) is 77.0 Å². The van der Waals surface area contributed by atoms with E-state index in [1.54, 1.807) is 31.3 Å². The normalized spacial score (nSPS) is 13.6. The van der Waals surface area contributed by atoms with Crippen molar-refractivity contribution >= 4 is 11.7 Å². The highest BCUT2D eigenvalue weighted by Crippen LogP contribution is 2.40. The Morgan fingerprint density at radius 3 is 2.06 bits per heavy atom. The number of rotatable bonds is 6. The van der Waals surface area contributed by atoms with Gasteiger partial charge in [0, 0.05) is 37.8 Å². The average molecular weight is 470 g/mol. The van der Waals surface area contributed by atoms with Gasteiger partial charge in [0.15, 0.2) is 17.3 Å². The number of piperazine rings is 1. The Kier molecular flexibility index (Phi) is 6.76. The van der Waals surface area contributed by atoms with E-state index in [2.05, 4.69) is 10.2 Å². The standard InChI is InChI=1S/C24H24F2N4O4/c1-32-20-12-15(13-21(33-2)23(20)34-3)19-6-7-22(28-27-19)29-8-10-30(11-9-29)24(31)17-5-4-16(25)14-18(17)26/h4-7,12-14H,8-11H2,1-3H3. The second kappa shape index (κ2) is 9.90. The van der Waals surface area contributed by atoms with Gasteiger partial charge in [-0.3, -0.25) is 4.79 Å². The molecule has 2 aromatic carbocycles. The number of nitrogens with zero attached hydrogens (tertiary/aromatic N) is 4. The maximum atomic E-state index is 14.0. The summed E-state index contributed by atoms with van der Waals surface area (Å²) in [6.07, 6.45) is 0. The van der Waals surface area contributed by atoms with Crippen LogP contribution >= 0.6 is 0 Å². The third-order valence-electron chi connectivity index (χ3n) is 5.66. The van der Waals surface area contributed by atoms with Crippen molar-refractivity contribution in [1.82, 2.24) is 15.1 Å². The maximum Gasteiger partial charge on any atom is 0.256 e. The number of benzene rings is 2. The Morgan fingerprint density at radius 1 is 0.853 bits per heavy atom. The first-order valence-electron chi connectivity index (χ1n) is 10.6. The van der Waals surface area contributed by atoms with Gasteiger partial charge in [-0.2, -0.15) is 0 Å². The lowest BCUT2D eigenvalue weighted by Gasteiger charge is -2.35. The summed E-state index contributed by atoms with van der Waals surface area (Å²) in [5, 5.41) is 8.68. The monoisotopic (exact) mass is 470 g/mol. The van der Waals surface area contributed by atoms with E-state index >= 15 is 0 Å². The van der Waals surface area contributed by atoms with Crippen LogP contribution in [0.2, 0.25) is 0 Å². The van der Waals surface area contributed by atoms with Gasteiger partial charge >= 0.3 is 0 Å².